The van der Waals surface area contributed by atoms with Crippen molar-refractivity contribution in [1.82, 2.24) is 15.1 Å². The van der Waals surface area contributed by atoms with E-state index in [9.17, 15) is 14.0 Å². The van der Waals surface area contributed by atoms with Crippen molar-refractivity contribution < 1.29 is 14.0 Å². The molecule has 150 valence electrons. The Hall–Kier alpha value is -2.15. The SMILES string of the molecule is CCCCNC(=O)CN(C)CC1CCN(C(=O)Nc2ccc(F)cc2)CC1. The van der Waals surface area contributed by atoms with Gasteiger partial charge in [0, 0.05) is 31.9 Å². The predicted octanol–water partition coefficient (Wildman–Crippen LogP) is 2.92. The molecule has 0 atom stereocenters. The number of amides is 3. The van der Waals surface area contributed by atoms with Crippen LogP contribution in [0.3, 0.4) is 0 Å². The number of rotatable bonds is 8. The van der Waals surface area contributed by atoms with E-state index in [0.717, 1.165) is 38.8 Å². The molecule has 1 aromatic carbocycles. The third kappa shape index (κ3) is 7.54. The molecule has 1 aromatic rings. The second-order valence-electron chi connectivity index (χ2n) is 7.27. The van der Waals surface area contributed by atoms with E-state index in [2.05, 4.69) is 22.5 Å². The topological polar surface area (TPSA) is 64.7 Å². The number of unbranched alkanes of at least 4 members (excludes halogenated alkanes) is 1. The molecular weight excluding hydrogens is 347 g/mol. The molecule has 6 nitrogen and oxygen atoms in total. The summed E-state index contributed by atoms with van der Waals surface area (Å²) in [5.74, 6) is 0.229. The van der Waals surface area contributed by atoms with Crippen molar-refractivity contribution in [3.63, 3.8) is 0 Å². The van der Waals surface area contributed by atoms with Gasteiger partial charge in [0.05, 0.1) is 6.54 Å². The fraction of sp³-hybridized carbons (Fsp3) is 0.600. The highest BCUT2D eigenvalue weighted by molar-refractivity contribution is 5.89. The predicted molar refractivity (Wildman–Crippen MR) is 105 cm³/mol. The summed E-state index contributed by atoms with van der Waals surface area (Å²) in [5, 5.41) is 5.74. The number of anilines is 1. The van der Waals surface area contributed by atoms with Crippen molar-refractivity contribution >= 4 is 17.6 Å². The van der Waals surface area contributed by atoms with E-state index in [1.165, 1.54) is 12.1 Å². The van der Waals surface area contributed by atoms with Crippen LogP contribution in [0.25, 0.3) is 0 Å². The molecular formula is C20H31FN4O2. The Morgan fingerprint density at radius 3 is 2.52 bits per heavy atom. The van der Waals surface area contributed by atoms with Gasteiger partial charge in [-0.05, 0) is 56.5 Å². The molecule has 2 N–H and O–H groups in total. The Kier molecular flexibility index (Phi) is 8.51. The third-order valence-electron chi connectivity index (χ3n) is 4.83. The number of hydrogen-bond donors (Lipinski definition) is 2. The lowest BCUT2D eigenvalue weighted by molar-refractivity contribution is -0.122. The van der Waals surface area contributed by atoms with Crippen LogP contribution in [0.15, 0.2) is 24.3 Å². The van der Waals surface area contributed by atoms with Crippen molar-refractivity contribution in [3.05, 3.63) is 30.1 Å². The third-order valence-corrected chi connectivity index (χ3v) is 4.83. The van der Waals surface area contributed by atoms with E-state index in [0.29, 0.717) is 31.2 Å². The van der Waals surface area contributed by atoms with Crippen LogP contribution in [0, 0.1) is 11.7 Å². The van der Waals surface area contributed by atoms with Gasteiger partial charge in [-0.25, -0.2) is 9.18 Å². The summed E-state index contributed by atoms with van der Waals surface area (Å²) in [6.45, 7) is 5.49. The van der Waals surface area contributed by atoms with Crippen molar-refractivity contribution in [2.75, 3.05) is 45.1 Å². The van der Waals surface area contributed by atoms with Gasteiger partial charge in [0.2, 0.25) is 5.91 Å². The van der Waals surface area contributed by atoms with Crippen LogP contribution < -0.4 is 10.6 Å². The first-order chi connectivity index (χ1) is 13.0. The molecule has 1 heterocycles. The molecule has 1 aliphatic rings. The summed E-state index contributed by atoms with van der Waals surface area (Å²) in [6.07, 6.45) is 3.91. The van der Waals surface area contributed by atoms with E-state index in [1.54, 1.807) is 17.0 Å². The fourth-order valence-corrected chi connectivity index (χ4v) is 3.27. The van der Waals surface area contributed by atoms with Gasteiger partial charge in [-0.1, -0.05) is 13.3 Å². The number of nitrogens with one attached hydrogen (secondary N) is 2. The van der Waals surface area contributed by atoms with Gasteiger partial charge in [-0.2, -0.15) is 0 Å². The van der Waals surface area contributed by atoms with E-state index in [1.807, 2.05) is 7.05 Å². The zero-order chi connectivity index (χ0) is 19.6. The van der Waals surface area contributed by atoms with Crippen molar-refractivity contribution in [3.8, 4) is 0 Å². The Morgan fingerprint density at radius 1 is 1.22 bits per heavy atom. The molecule has 0 aromatic heterocycles. The largest absolute Gasteiger partial charge is 0.355 e. The van der Waals surface area contributed by atoms with Crippen LogP contribution in [0.2, 0.25) is 0 Å². The van der Waals surface area contributed by atoms with Gasteiger partial charge in [-0.3, -0.25) is 9.69 Å². The number of urea groups is 1. The van der Waals surface area contributed by atoms with Gasteiger partial charge in [0.15, 0.2) is 0 Å². The number of carbonyl (C=O) groups excluding carboxylic acids is 2. The average Bonchev–Trinajstić information content (AvgIpc) is 2.64. The Bertz CT molecular complexity index is 601. The van der Waals surface area contributed by atoms with E-state index >= 15 is 0 Å². The minimum Gasteiger partial charge on any atom is -0.355 e. The van der Waals surface area contributed by atoms with Crippen LogP contribution in [-0.2, 0) is 4.79 Å². The normalized spacial score (nSPS) is 15.0. The standard InChI is InChI=1S/C20H31FN4O2/c1-3-4-11-22-19(26)15-24(2)14-16-9-12-25(13-10-16)20(27)23-18-7-5-17(21)6-8-18/h5-8,16H,3-4,9-15H2,1-2H3,(H,22,26)(H,23,27). The van der Waals surface area contributed by atoms with Crippen molar-refractivity contribution in [2.45, 2.75) is 32.6 Å². The molecule has 0 aliphatic carbocycles. The molecule has 1 fully saturated rings. The Morgan fingerprint density at radius 2 is 1.89 bits per heavy atom. The summed E-state index contributed by atoms with van der Waals surface area (Å²) < 4.78 is 12.9. The van der Waals surface area contributed by atoms with Crippen LogP contribution in [0.4, 0.5) is 14.9 Å². The Balaban J connectivity index is 1.67. The molecule has 3 amide bonds. The molecule has 0 spiro atoms. The van der Waals surface area contributed by atoms with Gasteiger partial charge >= 0.3 is 6.03 Å². The summed E-state index contributed by atoms with van der Waals surface area (Å²) in [7, 11) is 1.97. The first-order valence-electron chi connectivity index (χ1n) is 9.74. The van der Waals surface area contributed by atoms with Gasteiger partial charge in [-0.15, -0.1) is 0 Å². The lowest BCUT2D eigenvalue weighted by atomic mass is 9.96. The van der Waals surface area contributed by atoms with Crippen LogP contribution >= 0.6 is 0 Å². The van der Waals surface area contributed by atoms with Crippen LogP contribution in [0.1, 0.15) is 32.6 Å². The number of piperidine rings is 1. The van der Waals surface area contributed by atoms with E-state index in [4.69, 9.17) is 0 Å². The number of halogens is 1. The van der Waals surface area contributed by atoms with Crippen LogP contribution in [0.5, 0.6) is 0 Å². The molecule has 27 heavy (non-hydrogen) atoms. The van der Waals surface area contributed by atoms with Crippen molar-refractivity contribution in [2.24, 2.45) is 5.92 Å². The Labute approximate surface area is 161 Å². The zero-order valence-corrected chi connectivity index (χ0v) is 16.3. The monoisotopic (exact) mass is 378 g/mol. The smallest absolute Gasteiger partial charge is 0.321 e. The van der Waals surface area contributed by atoms with Gasteiger partial charge < -0.3 is 15.5 Å². The minimum absolute atomic E-state index is 0.0714. The maximum atomic E-state index is 12.9. The lowest BCUT2D eigenvalue weighted by Gasteiger charge is -2.33. The molecule has 1 aliphatic heterocycles. The number of likely N-dealkylation sites (tertiary alicyclic amines) is 1. The zero-order valence-electron chi connectivity index (χ0n) is 16.3. The summed E-state index contributed by atoms with van der Waals surface area (Å²) in [5.41, 5.74) is 0.595. The molecule has 0 bridgehead atoms. The maximum Gasteiger partial charge on any atom is 0.321 e. The highest BCUT2D eigenvalue weighted by atomic mass is 19.1. The summed E-state index contributed by atoms with van der Waals surface area (Å²) in [6, 6.07) is 5.62. The first-order valence-corrected chi connectivity index (χ1v) is 9.74. The van der Waals surface area contributed by atoms with Crippen molar-refractivity contribution in [1.29, 1.82) is 0 Å². The lowest BCUT2D eigenvalue weighted by Crippen LogP contribution is -2.44. The molecule has 0 radical (unpaired) electrons. The highest BCUT2D eigenvalue weighted by Gasteiger charge is 2.24. The van der Waals surface area contributed by atoms with E-state index < -0.39 is 0 Å². The second-order valence-corrected chi connectivity index (χ2v) is 7.27. The molecule has 1 saturated heterocycles. The number of benzene rings is 1. The van der Waals surface area contributed by atoms with Gasteiger partial charge in [0.25, 0.3) is 0 Å². The second kappa shape index (κ2) is 10.9. The number of hydrogen-bond acceptors (Lipinski definition) is 3. The fourth-order valence-electron chi connectivity index (χ4n) is 3.27. The number of carbonyl (C=O) groups is 2. The van der Waals surface area contributed by atoms with Gasteiger partial charge in [0.1, 0.15) is 5.82 Å². The van der Waals surface area contributed by atoms with Crippen LogP contribution in [-0.4, -0.2) is 61.5 Å². The molecule has 2 rings (SSSR count). The quantitative estimate of drug-likeness (QED) is 0.684. The number of nitrogens with zero attached hydrogens (tertiary/aromatic N) is 2. The molecule has 0 unspecified atom stereocenters. The summed E-state index contributed by atoms with van der Waals surface area (Å²) >= 11 is 0. The maximum absolute atomic E-state index is 12.9. The number of likely N-dealkylation sites (N-methyl/N-ethyl adjacent to an activating group) is 1. The highest BCUT2D eigenvalue weighted by Crippen LogP contribution is 2.19. The minimum atomic E-state index is -0.322. The first kappa shape index (κ1) is 21.2. The molecule has 0 saturated carbocycles. The van der Waals surface area contributed by atoms with E-state index in [-0.39, 0.29) is 17.8 Å². The molecule has 7 heteroatoms. The summed E-state index contributed by atoms with van der Waals surface area (Å²) in [4.78, 5) is 28.0. The average molecular weight is 378 g/mol.